The molecule has 0 spiro atoms. The smallest absolute Gasteiger partial charge is 0.306 e. The number of rotatable bonds is 51. The van der Waals surface area contributed by atoms with Gasteiger partial charge < -0.3 is 33.2 Å². The van der Waals surface area contributed by atoms with Gasteiger partial charge in [0.1, 0.15) is 5.78 Å². The maximum Gasteiger partial charge on any atom is 0.306 e. The molecule has 0 radical (unpaired) electrons. The molecular weight excluding hydrogens is 1080 g/mol. The van der Waals surface area contributed by atoms with E-state index in [9.17, 15) is 28.8 Å². The minimum absolute atomic E-state index is 0.0222. The molecule has 0 heterocycles. The van der Waals surface area contributed by atoms with Gasteiger partial charge in [-0.05, 0) is 69.8 Å². The summed E-state index contributed by atoms with van der Waals surface area (Å²) in [7, 11) is 1.59. The van der Waals surface area contributed by atoms with Crippen molar-refractivity contribution in [3.8, 4) is 0 Å². The fraction of sp³-hybridized carbons (Fsp3) is 0.811. The summed E-state index contributed by atoms with van der Waals surface area (Å²) in [5.41, 5.74) is 1.11. The molecule has 12 nitrogen and oxygen atoms in total. The van der Waals surface area contributed by atoms with E-state index in [1.165, 1.54) is 135 Å². The van der Waals surface area contributed by atoms with Crippen molar-refractivity contribution in [3.05, 3.63) is 49.1 Å². The van der Waals surface area contributed by atoms with E-state index in [4.69, 9.17) is 28.4 Å². The van der Waals surface area contributed by atoms with Crippen LogP contribution in [0.2, 0.25) is 0 Å². The zero-order valence-electron chi connectivity index (χ0n) is 59.0. The van der Waals surface area contributed by atoms with Gasteiger partial charge in [0.25, 0.3) is 0 Å². The first-order chi connectivity index (χ1) is 41.4. The van der Waals surface area contributed by atoms with Crippen LogP contribution < -0.4 is 0 Å². The minimum Gasteiger partial charge on any atom is -0.466 e. The molecule has 0 aliphatic heterocycles. The molecule has 0 aliphatic carbocycles. The summed E-state index contributed by atoms with van der Waals surface area (Å²) in [6.45, 7) is 37.6. The molecule has 0 N–H and O–H groups in total. The fourth-order valence-corrected chi connectivity index (χ4v) is 8.34. The molecule has 0 bridgehead atoms. The van der Waals surface area contributed by atoms with Crippen LogP contribution in [0.4, 0.5) is 0 Å². The maximum atomic E-state index is 12.2. The summed E-state index contributed by atoms with van der Waals surface area (Å²) in [6, 6.07) is 0. The molecular formula is C74H140O12. The molecule has 2 unspecified atom stereocenters. The number of methoxy groups -OCH3 is 1. The third-order valence-electron chi connectivity index (χ3n) is 13.7. The van der Waals surface area contributed by atoms with E-state index in [2.05, 4.69) is 75.5 Å². The number of unbranched alkanes of at least 4 members (excludes halogenated alkanes) is 21. The van der Waals surface area contributed by atoms with Crippen LogP contribution in [0.25, 0.3) is 0 Å². The van der Waals surface area contributed by atoms with Gasteiger partial charge in [0.05, 0.1) is 46.1 Å². The van der Waals surface area contributed by atoms with Gasteiger partial charge in [-0.3, -0.25) is 24.0 Å². The first-order valence-corrected chi connectivity index (χ1v) is 34.7. The molecule has 0 aliphatic rings. The Bertz CT molecular complexity index is 1540. The van der Waals surface area contributed by atoms with Crippen LogP contribution in [0.3, 0.4) is 0 Å². The van der Waals surface area contributed by atoms with Crippen LogP contribution in [-0.2, 0) is 57.2 Å². The van der Waals surface area contributed by atoms with Crippen molar-refractivity contribution in [2.45, 2.75) is 322 Å². The van der Waals surface area contributed by atoms with E-state index in [1.807, 2.05) is 45.1 Å². The standard InChI is InChI=1S/C28H52O6.C16H30O4.C11H16O2.C10H20.C7H16.C2H6/c1-5-7-9-11-13-15-17-26(29)33-22-25(21-28(31)32-20-19-24(3)4)23-34-27(30)18-16-14-12-10-8-6-2;1-4-5-6-7-8-9-10-16(18)20-13-15(12-19-3)11-14(2)17;1-4-6-11(7-5-2)8-9-13-10(3)12;1-3-5-7-9-10-8-6-4-2;1-4-6-7(3)5-2;1-2/h24-25H,5-23H2,1-4H3;15H,4-13H2,1-3H3;4-7H,1,8-9H2,2-3H3;3H,1,4-10H2,2H3;7H,4-6H2,1-3H3;1-2H3/b;;7-5-,11-6+;;;. The molecule has 0 amide bonds. The van der Waals surface area contributed by atoms with Crippen molar-refractivity contribution in [2.24, 2.45) is 23.7 Å². The summed E-state index contributed by atoms with van der Waals surface area (Å²) in [4.78, 5) is 69.6. The average molecular weight is 1220 g/mol. The van der Waals surface area contributed by atoms with Crippen molar-refractivity contribution in [3.63, 3.8) is 0 Å². The van der Waals surface area contributed by atoms with Gasteiger partial charge in [-0.15, -0.1) is 6.58 Å². The predicted octanol–water partition coefficient (Wildman–Crippen LogP) is 21.1. The number of allylic oxidation sites excluding steroid dienone is 5. The van der Waals surface area contributed by atoms with E-state index in [1.54, 1.807) is 20.1 Å². The second-order valence-electron chi connectivity index (χ2n) is 23.0. The second kappa shape index (κ2) is 79.0. The SMILES string of the molecule is C=C/C=C(\C=C/C)CCOC(C)=O.C=CCCCCCCCC.CC.CCCC(C)CC.CCCCCCCCC(=O)OCC(COC(=O)CCCCCCCC)CC(=O)OCCC(C)C.CCCCCCCCC(=O)OCC(COC)CC(C)=O. The number of ether oxygens (including phenoxy) is 6. The topological polar surface area (TPSA) is 158 Å². The van der Waals surface area contributed by atoms with E-state index >= 15 is 0 Å². The summed E-state index contributed by atoms with van der Waals surface area (Å²) >= 11 is 0. The maximum absolute atomic E-state index is 12.2. The van der Waals surface area contributed by atoms with Gasteiger partial charge in [-0.25, -0.2) is 0 Å². The van der Waals surface area contributed by atoms with Crippen LogP contribution in [0.15, 0.2) is 49.1 Å². The van der Waals surface area contributed by atoms with Crippen molar-refractivity contribution >= 4 is 35.6 Å². The van der Waals surface area contributed by atoms with Crippen LogP contribution >= 0.6 is 0 Å². The lowest BCUT2D eigenvalue weighted by Gasteiger charge is -2.17. The van der Waals surface area contributed by atoms with Gasteiger partial charge >= 0.3 is 29.8 Å². The second-order valence-corrected chi connectivity index (χ2v) is 23.0. The van der Waals surface area contributed by atoms with Gasteiger partial charge in [0.2, 0.25) is 0 Å². The number of esters is 5. The normalized spacial score (nSPS) is 11.3. The highest BCUT2D eigenvalue weighted by atomic mass is 16.6. The Morgan fingerprint density at radius 2 is 0.860 bits per heavy atom. The Labute approximate surface area is 531 Å². The van der Waals surface area contributed by atoms with E-state index in [-0.39, 0.29) is 73.7 Å². The van der Waals surface area contributed by atoms with Gasteiger partial charge in [-0.1, -0.05) is 261 Å². The molecule has 0 fully saturated rings. The number of ketones is 1. The number of Topliss-reactive ketones (excluding diaryl/α,β-unsaturated/α-hetero) is 1. The van der Waals surface area contributed by atoms with Crippen LogP contribution in [0.1, 0.15) is 322 Å². The van der Waals surface area contributed by atoms with Gasteiger partial charge in [0, 0.05) is 58.0 Å². The number of hydrogen-bond acceptors (Lipinski definition) is 12. The zero-order chi connectivity index (χ0) is 66.1. The Morgan fingerprint density at radius 3 is 1.19 bits per heavy atom. The Balaban J connectivity index is -0.000000259. The third-order valence-corrected chi connectivity index (χ3v) is 13.7. The molecule has 12 heteroatoms. The first-order valence-electron chi connectivity index (χ1n) is 34.7. The third kappa shape index (κ3) is 86.4. The number of carbonyl (C=O) groups is 6. The lowest BCUT2D eigenvalue weighted by Crippen LogP contribution is -2.24. The molecule has 0 saturated carbocycles. The highest BCUT2D eigenvalue weighted by Crippen LogP contribution is 2.15. The van der Waals surface area contributed by atoms with E-state index < -0.39 is 0 Å². The van der Waals surface area contributed by atoms with Crippen molar-refractivity contribution in [1.29, 1.82) is 0 Å². The first kappa shape index (κ1) is 93.1. The van der Waals surface area contributed by atoms with Gasteiger partial charge in [-0.2, -0.15) is 0 Å². The average Bonchev–Trinajstić information content (AvgIpc) is 3.54. The van der Waals surface area contributed by atoms with Gasteiger partial charge in [0.15, 0.2) is 0 Å². The highest BCUT2D eigenvalue weighted by Gasteiger charge is 2.20. The zero-order valence-corrected chi connectivity index (χ0v) is 59.0. The summed E-state index contributed by atoms with van der Waals surface area (Å²) in [5.74, 6) is -0.162. The predicted molar refractivity (Wildman–Crippen MR) is 364 cm³/mol. The molecule has 0 aromatic carbocycles. The fourth-order valence-electron chi connectivity index (χ4n) is 8.34. The van der Waals surface area contributed by atoms with E-state index in [0.717, 1.165) is 75.7 Å². The molecule has 2 atom stereocenters. The van der Waals surface area contributed by atoms with Crippen molar-refractivity contribution < 1.29 is 57.2 Å². The monoisotopic (exact) mass is 1220 g/mol. The molecule has 0 aromatic rings. The lowest BCUT2D eigenvalue weighted by atomic mass is 10.0. The van der Waals surface area contributed by atoms with Crippen LogP contribution in [0.5, 0.6) is 0 Å². The van der Waals surface area contributed by atoms with E-state index in [0.29, 0.717) is 51.4 Å². The van der Waals surface area contributed by atoms with Crippen LogP contribution in [0, 0.1) is 23.7 Å². The largest absolute Gasteiger partial charge is 0.466 e. The quantitative estimate of drug-likeness (QED) is 0.0187. The van der Waals surface area contributed by atoms with Crippen LogP contribution in [-0.4, -0.2) is 82.4 Å². The van der Waals surface area contributed by atoms with Crippen molar-refractivity contribution in [2.75, 3.05) is 46.8 Å². The molecule has 86 heavy (non-hydrogen) atoms. The number of hydrogen-bond donors (Lipinski definition) is 0. The lowest BCUT2D eigenvalue weighted by molar-refractivity contribution is -0.154. The molecule has 0 saturated heterocycles. The molecule has 508 valence electrons. The highest BCUT2D eigenvalue weighted by molar-refractivity contribution is 5.76. The molecule has 0 rings (SSSR count). The Kier molecular flexibility index (Phi) is 85.5. The molecule has 0 aromatic heterocycles. The Hall–Kier alpha value is -4.06. The Morgan fingerprint density at radius 1 is 0.453 bits per heavy atom. The minimum atomic E-state index is -0.381. The summed E-state index contributed by atoms with van der Waals surface area (Å²) < 4.78 is 31.2. The van der Waals surface area contributed by atoms with Crippen molar-refractivity contribution in [1.82, 2.24) is 0 Å². The summed E-state index contributed by atoms with van der Waals surface area (Å²) in [5, 5.41) is 0. The summed E-state index contributed by atoms with van der Waals surface area (Å²) in [6.07, 6.45) is 46.6. The number of carbonyl (C=O) groups excluding carboxylic acids is 6.